The number of thioether (sulfide) groups is 1. The summed E-state index contributed by atoms with van der Waals surface area (Å²) in [7, 11) is 0. The SMILES string of the molecule is CCCOc1ccc(/C=C2\SC(=Nc3cccc(Cl)c3C)NC2=O)cc1. The molecule has 2 aromatic carbocycles. The summed E-state index contributed by atoms with van der Waals surface area (Å²) in [5.74, 6) is 0.677. The Labute approximate surface area is 162 Å². The molecule has 26 heavy (non-hydrogen) atoms. The van der Waals surface area contributed by atoms with Crippen LogP contribution in [0.3, 0.4) is 0 Å². The Morgan fingerprint density at radius 2 is 2.00 bits per heavy atom. The summed E-state index contributed by atoms with van der Waals surface area (Å²) in [4.78, 5) is 17.3. The molecule has 4 nitrogen and oxygen atoms in total. The van der Waals surface area contributed by atoms with Crippen molar-refractivity contribution in [2.75, 3.05) is 6.61 Å². The molecule has 0 aliphatic carbocycles. The van der Waals surface area contributed by atoms with Gasteiger partial charge < -0.3 is 10.1 Å². The van der Waals surface area contributed by atoms with Gasteiger partial charge in [-0.15, -0.1) is 0 Å². The first-order chi connectivity index (χ1) is 12.6. The van der Waals surface area contributed by atoms with E-state index in [1.165, 1.54) is 11.8 Å². The Morgan fingerprint density at radius 3 is 2.73 bits per heavy atom. The van der Waals surface area contributed by atoms with Crippen molar-refractivity contribution in [1.29, 1.82) is 0 Å². The van der Waals surface area contributed by atoms with E-state index in [1.807, 2.05) is 55.5 Å². The smallest absolute Gasteiger partial charge is 0.264 e. The zero-order valence-electron chi connectivity index (χ0n) is 14.6. The molecule has 0 aromatic heterocycles. The molecule has 2 aromatic rings. The molecule has 0 atom stereocenters. The van der Waals surface area contributed by atoms with E-state index in [-0.39, 0.29) is 5.91 Å². The Morgan fingerprint density at radius 1 is 1.23 bits per heavy atom. The molecule has 1 amide bonds. The molecule has 1 aliphatic heterocycles. The number of rotatable bonds is 5. The number of amidine groups is 1. The number of benzene rings is 2. The number of carbonyl (C=O) groups excluding carboxylic acids is 1. The van der Waals surface area contributed by atoms with E-state index in [9.17, 15) is 4.79 Å². The molecule has 0 radical (unpaired) electrons. The highest BCUT2D eigenvalue weighted by molar-refractivity contribution is 8.18. The van der Waals surface area contributed by atoms with Gasteiger partial charge in [0.25, 0.3) is 5.91 Å². The van der Waals surface area contributed by atoms with Crippen LogP contribution in [0.25, 0.3) is 6.08 Å². The number of halogens is 1. The van der Waals surface area contributed by atoms with E-state index < -0.39 is 0 Å². The molecule has 1 heterocycles. The molecule has 0 spiro atoms. The van der Waals surface area contributed by atoms with Gasteiger partial charge in [0.05, 0.1) is 17.2 Å². The Kier molecular flexibility index (Phi) is 6.01. The molecule has 1 fully saturated rings. The predicted molar refractivity (Wildman–Crippen MR) is 109 cm³/mol. The predicted octanol–water partition coefficient (Wildman–Crippen LogP) is 5.33. The lowest BCUT2D eigenvalue weighted by molar-refractivity contribution is -0.115. The second-order valence-electron chi connectivity index (χ2n) is 5.78. The van der Waals surface area contributed by atoms with Gasteiger partial charge in [-0.25, -0.2) is 4.99 Å². The third-order valence-corrected chi connectivity index (χ3v) is 5.08. The third kappa shape index (κ3) is 4.48. The van der Waals surface area contributed by atoms with Crippen LogP contribution in [0.15, 0.2) is 52.4 Å². The zero-order valence-corrected chi connectivity index (χ0v) is 16.2. The highest BCUT2D eigenvalue weighted by Crippen LogP contribution is 2.31. The van der Waals surface area contributed by atoms with Crippen molar-refractivity contribution in [3.05, 3.63) is 63.5 Å². The number of nitrogens with one attached hydrogen (secondary N) is 1. The first-order valence-corrected chi connectivity index (χ1v) is 9.54. The number of amides is 1. The van der Waals surface area contributed by atoms with Crippen molar-refractivity contribution in [1.82, 2.24) is 5.32 Å². The summed E-state index contributed by atoms with van der Waals surface area (Å²) in [6.07, 6.45) is 2.81. The van der Waals surface area contributed by atoms with E-state index in [0.29, 0.717) is 21.7 Å². The monoisotopic (exact) mass is 386 g/mol. The van der Waals surface area contributed by atoms with E-state index >= 15 is 0 Å². The molecule has 1 aliphatic rings. The fourth-order valence-electron chi connectivity index (χ4n) is 2.34. The topological polar surface area (TPSA) is 50.7 Å². The molecule has 0 saturated carbocycles. The average molecular weight is 387 g/mol. The number of aliphatic imine (C=N–C) groups is 1. The van der Waals surface area contributed by atoms with Gasteiger partial charge in [-0.05, 0) is 66.6 Å². The number of hydrogen-bond donors (Lipinski definition) is 1. The first kappa shape index (κ1) is 18.5. The summed E-state index contributed by atoms with van der Waals surface area (Å²) in [6.45, 7) is 4.67. The van der Waals surface area contributed by atoms with E-state index in [2.05, 4.69) is 17.2 Å². The van der Waals surface area contributed by atoms with Crippen LogP contribution in [0.2, 0.25) is 5.02 Å². The van der Waals surface area contributed by atoms with E-state index in [4.69, 9.17) is 16.3 Å². The Hall–Kier alpha value is -2.24. The molecule has 0 bridgehead atoms. The van der Waals surface area contributed by atoms with Crippen molar-refractivity contribution < 1.29 is 9.53 Å². The minimum Gasteiger partial charge on any atom is -0.494 e. The van der Waals surface area contributed by atoms with Crippen LogP contribution in [0.4, 0.5) is 5.69 Å². The molecular weight excluding hydrogens is 368 g/mol. The second kappa shape index (κ2) is 8.43. The molecule has 1 N–H and O–H groups in total. The average Bonchev–Trinajstić information content (AvgIpc) is 2.97. The molecule has 0 unspecified atom stereocenters. The van der Waals surface area contributed by atoms with Gasteiger partial charge >= 0.3 is 0 Å². The van der Waals surface area contributed by atoms with Gasteiger partial charge in [0.1, 0.15) is 5.75 Å². The summed E-state index contributed by atoms with van der Waals surface area (Å²) in [6, 6.07) is 13.2. The number of carbonyl (C=O) groups is 1. The van der Waals surface area contributed by atoms with Crippen LogP contribution >= 0.6 is 23.4 Å². The van der Waals surface area contributed by atoms with Crippen LogP contribution in [0.1, 0.15) is 24.5 Å². The molecule has 1 saturated heterocycles. The van der Waals surface area contributed by atoms with Crippen molar-refractivity contribution in [3.8, 4) is 5.75 Å². The van der Waals surface area contributed by atoms with Crippen molar-refractivity contribution in [3.63, 3.8) is 0 Å². The maximum atomic E-state index is 12.2. The van der Waals surface area contributed by atoms with Crippen LogP contribution in [0, 0.1) is 6.92 Å². The van der Waals surface area contributed by atoms with E-state index in [1.54, 1.807) is 0 Å². The molecule has 134 valence electrons. The quantitative estimate of drug-likeness (QED) is 0.706. The number of ether oxygens (including phenoxy) is 1. The summed E-state index contributed by atoms with van der Waals surface area (Å²) >= 11 is 7.44. The Bertz CT molecular complexity index is 876. The second-order valence-corrected chi connectivity index (χ2v) is 7.22. The van der Waals surface area contributed by atoms with Crippen LogP contribution in [-0.4, -0.2) is 17.7 Å². The fourth-order valence-corrected chi connectivity index (χ4v) is 3.34. The molecule has 3 rings (SSSR count). The standard InChI is InChI=1S/C20H19ClN2O2S/c1-3-11-25-15-9-7-14(8-10-15)12-18-19(24)23-20(26-18)22-17-6-4-5-16(21)13(17)2/h4-10,12H,3,11H2,1-2H3,(H,22,23,24)/b18-12-. The van der Waals surface area contributed by atoms with Crippen LogP contribution < -0.4 is 10.1 Å². The minimum absolute atomic E-state index is 0.153. The number of hydrogen-bond acceptors (Lipinski definition) is 4. The normalized spacial score (nSPS) is 17.0. The van der Waals surface area contributed by atoms with Crippen LogP contribution in [-0.2, 0) is 4.79 Å². The summed E-state index contributed by atoms with van der Waals surface area (Å²) < 4.78 is 5.57. The molecule has 6 heteroatoms. The van der Waals surface area contributed by atoms with Crippen molar-refractivity contribution in [2.24, 2.45) is 4.99 Å². The van der Waals surface area contributed by atoms with Crippen molar-refractivity contribution in [2.45, 2.75) is 20.3 Å². The van der Waals surface area contributed by atoms with E-state index in [0.717, 1.165) is 29.0 Å². The van der Waals surface area contributed by atoms with Gasteiger partial charge in [-0.3, -0.25) is 4.79 Å². The lowest BCUT2D eigenvalue weighted by atomic mass is 10.2. The van der Waals surface area contributed by atoms with Gasteiger partial charge in [-0.2, -0.15) is 0 Å². The highest BCUT2D eigenvalue weighted by Gasteiger charge is 2.24. The third-order valence-electron chi connectivity index (χ3n) is 3.76. The summed E-state index contributed by atoms with van der Waals surface area (Å²) in [5, 5.41) is 4.00. The van der Waals surface area contributed by atoms with Gasteiger partial charge in [0, 0.05) is 5.02 Å². The maximum absolute atomic E-state index is 12.2. The largest absolute Gasteiger partial charge is 0.494 e. The van der Waals surface area contributed by atoms with Gasteiger partial charge in [0.15, 0.2) is 5.17 Å². The highest BCUT2D eigenvalue weighted by atomic mass is 35.5. The fraction of sp³-hybridized carbons (Fsp3) is 0.200. The molecular formula is C20H19ClN2O2S. The summed E-state index contributed by atoms with van der Waals surface area (Å²) in [5.41, 5.74) is 2.57. The van der Waals surface area contributed by atoms with Crippen molar-refractivity contribution >= 4 is 46.2 Å². The van der Waals surface area contributed by atoms with Gasteiger partial charge in [0.2, 0.25) is 0 Å². The number of nitrogens with zero attached hydrogens (tertiary/aromatic N) is 1. The zero-order chi connectivity index (χ0) is 18.5. The Balaban J connectivity index is 1.76. The lowest BCUT2D eigenvalue weighted by Gasteiger charge is -2.04. The maximum Gasteiger partial charge on any atom is 0.264 e. The minimum atomic E-state index is -0.153. The lowest BCUT2D eigenvalue weighted by Crippen LogP contribution is -2.19. The van der Waals surface area contributed by atoms with Crippen LogP contribution in [0.5, 0.6) is 5.75 Å². The first-order valence-electron chi connectivity index (χ1n) is 8.34. The van der Waals surface area contributed by atoms with Gasteiger partial charge in [-0.1, -0.05) is 36.7 Å².